The van der Waals surface area contributed by atoms with Gasteiger partial charge in [0, 0.05) is 0 Å². The smallest absolute Gasteiger partial charge is 0.123 e. The molecule has 1 rings (SSSR count). The Balaban J connectivity index is 3.00. The van der Waals surface area contributed by atoms with Crippen LogP contribution < -0.4 is 0 Å². The molecule has 16 heavy (non-hydrogen) atoms. The molecule has 0 saturated heterocycles. The third-order valence-electron chi connectivity index (χ3n) is 2.84. The summed E-state index contributed by atoms with van der Waals surface area (Å²) in [5.74, 6) is -0.813. The van der Waals surface area contributed by atoms with E-state index in [1.807, 2.05) is 6.92 Å². The number of aliphatic hydroxyl groups is 1. The Labute approximate surface area is 95.3 Å². The highest BCUT2D eigenvalue weighted by atomic mass is 19.1. The summed E-state index contributed by atoms with van der Waals surface area (Å²) < 4.78 is 12.8. The molecule has 0 amide bonds. The molecule has 3 heteroatoms. The zero-order valence-corrected chi connectivity index (χ0v) is 9.57. The minimum Gasteiger partial charge on any atom is -0.384 e. The highest BCUT2D eigenvalue weighted by Gasteiger charge is 2.33. The zero-order chi connectivity index (χ0) is 12.2. The quantitative estimate of drug-likeness (QED) is 0.849. The second-order valence-electron chi connectivity index (χ2n) is 4.12. The van der Waals surface area contributed by atoms with Crippen molar-refractivity contribution in [2.45, 2.75) is 32.3 Å². The zero-order valence-electron chi connectivity index (χ0n) is 9.57. The molecule has 0 saturated carbocycles. The van der Waals surface area contributed by atoms with Crippen molar-refractivity contribution in [1.82, 2.24) is 0 Å². The van der Waals surface area contributed by atoms with Crippen molar-refractivity contribution >= 4 is 0 Å². The van der Waals surface area contributed by atoms with Crippen LogP contribution >= 0.6 is 0 Å². The Morgan fingerprint density at radius 2 is 2.00 bits per heavy atom. The summed E-state index contributed by atoms with van der Waals surface area (Å²) in [6.07, 6.45) is 1.45. The Bertz CT molecular complexity index is 378. The van der Waals surface area contributed by atoms with Gasteiger partial charge in [0.05, 0.1) is 12.0 Å². The van der Waals surface area contributed by atoms with Gasteiger partial charge >= 0.3 is 0 Å². The van der Waals surface area contributed by atoms with Crippen molar-refractivity contribution in [3.05, 3.63) is 35.6 Å². The first-order valence-electron chi connectivity index (χ1n) is 5.40. The topological polar surface area (TPSA) is 44.0 Å². The Morgan fingerprint density at radius 3 is 2.44 bits per heavy atom. The molecule has 0 aliphatic carbocycles. The predicted molar refractivity (Wildman–Crippen MR) is 60.0 cm³/mol. The molecule has 0 fully saturated rings. The average Bonchev–Trinajstić information content (AvgIpc) is 2.26. The van der Waals surface area contributed by atoms with E-state index in [0.717, 1.165) is 6.42 Å². The van der Waals surface area contributed by atoms with Crippen LogP contribution in [-0.4, -0.2) is 5.11 Å². The summed E-state index contributed by atoms with van der Waals surface area (Å²) in [4.78, 5) is 0. The first kappa shape index (κ1) is 12.7. The van der Waals surface area contributed by atoms with E-state index in [9.17, 15) is 9.50 Å². The summed E-state index contributed by atoms with van der Waals surface area (Å²) in [7, 11) is 0. The largest absolute Gasteiger partial charge is 0.384 e. The number of halogens is 1. The molecule has 0 aliphatic heterocycles. The standard InChI is InChI=1S/C13H16FNO/c1-3-4-11(9-15)13(2,16)10-5-7-12(14)8-6-10/h5-8,11,16H,3-4H2,1-2H3. The number of hydrogen-bond acceptors (Lipinski definition) is 2. The maximum Gasteiger partial charge on any atom is 0.123 e. The number of rotatable bonds is 4. The molecule has 1 aromatic carbocycles. The van der Waals surface area contributed by atoms with Crippen molar-refractivity contribution in [1.29, 1.82) is 5.26 Å². The monoisotopic (exact) mass is 221 g/mol. The summed E-state index contributed by atoms with van der Waals surface area (Å²) in [5, 5.41) is 19.3. The van der Waals surface area contributed by atoms with E-state index >= 15 is 0 Å². The number of hydrogen-bond donors (Lipinski definition) is 1. The molecular formula is C13H16FNO. The van der Waals surface area contributed by atoms with Crippen molar-refractivity contribution in [2.75, 3.05) is 0 Å². The Hall–Kier alpha value is -1.40. The van der Waals surface area contributed by atoms with Crippen LogP contribution in [0.15, 0.2) is 24.3 Å². The second-order valence-corrected chi connectivity index (χ2v) is 4.12. The van der Waals surface area contributed by atoms with Crippen LogP contribution in [0.4, 0.5) is 4.39 Å². The van der Waals surface area contributed by atoms with Crippen LogP contribution in [0.3, 0.4) is 0 Å². The van der Waals surface area contributed by atoms with Gasteiger partial charge in [0.15, 0.2) is 0 Å². The minimum atomic E-state index is -1.22. The molecule has 0 aliphatic rings. The molecule has 0 bridgehead atoms. The van der Waals surface area contributed by atoms with E-state index in [0.29, 0.717) is 12.0 Å². The molecule has 1 aromatic rings. The molecule has 0 aromatic heterocycles. The van der Waals surface area contributed by atoms with Gasteiger partial charge in [0.25, 0.3) is 0 Å². The van der Waals surface area contributed by atoms with Gasteiger partial charge in [-0.05, 0) is 31.0 Å². The van der Waals surface area contributed by atoms with Gasteiger partial charge in [-0.3, -0.25) is 0 Å². The summed E-state index contributed by atoms with van der Waals surface area (Å²) in [5.41, 5.74) is -0.646. The van der Waals surface area contributed by atoms with Crippen LogP contribution in [0.5, 0.6) is 0 Å². The molecule has 1 N–H and O–H groups in total. The molecular weight excluding hydrogens is 205 g/mol. The molecule has 0 spiro atoms. The van der Waals surface area contributed by atoms with Gasteiger partial charge in [-0.2, -0.15) is 5.26 Å². The lowest BCUT2D eigenvalue weighted by Gasteiger charge is -2.28. The van der Waals surface area contributed by atoms with E-state index in [1.54, 1.807) is 6.92 Å². The number of nitrogens with zero attached hydrogens (tertiary/aromatic N) is 1. The van der Waals surface area contributed by atoms with Gasteiger partial charge in [-0.15, -0.1) is 0 Å². The first-order valence-corrected chi connectivity index (χ1v) is 5.40. The highest BCUT2D eigenvalue weighted by Crippen LogP contribution is 2.31. The first-order chi connectivity index (χ1) is 7.52. The molecule has 86 valence electrons. The average molecular weight is 221 g/mol. The fraction of sp³-hybridized carbons (Fsp3) is 0.462. The molecule has 2 unspecified atom stereocenters. The lowest BCUT2D eigenvalue weighted by molar-refractivity contribution is 0.0130. The van der Waals surface area contributed by atoms with Gasteiger partial charge in [0.2, 0.25) is 0 Å². The predicted octanol–water partition coefficient (Wildman–Crippen LogP) is 2.97. The fourth-order valence-corrected chi connectivity index (χ4v) is 1.75. The number of nitriles is 1. The van der Waals surface area contributed by atoms with Gasteiger partial charge in [-0.1, -0.05) is 25.5 Å². The second kappa shape index (κ2) is 5.09. The Morgan fingerprint density at radius 1 is 1.44 bits per heavy atom. The fourth-order valence-electron chi connectivity index (χ4n) is 1.75. The van der Waals surface area contributed by atoms with E-state index < -0.39 is 11.5 Å². The minimum absolute atomic E-state index is 0.344. The van der Waals surface area contributed by atoms with Crippen LogP contribution in [0, 0.1) is 23.1 Å². The van der Waals surface area contributed by atoms with Crippen molar-refractivity contribution < 1.29 is 9.50 Å². The van der Waals surface area contributed by atoms with Gasteiger partial charge in [-0.25, -0.2) is 4.39 Å². The van der Waals surface area contributed by atoms with Gasteiger partial charge in [0.1, 0.15) is 11.4 Å². The third-order valence-corrected chi connectivity index (χ3v) is 2.84. The van der Waals surface area contributed by atoms with Gasteiger partial charge < -0.3 is 5.11 Å². The van der Waals surface area contributed by atoms with E-state index in [-0.39, 0.29) is 5.82 Å². The van der Waals surface area contributed by atoms with Crippen molar-refractivity contribution in [2.24, 2.45) is 5.92 Å². The molecule has 2 atom stereocenters. The lowest BCUT2D eigenvalue weighted by Crippen LogP contribution is -2.30. The maximum absolute atomic E-state index is 12.8. The third kappa shape index (κ3) is 2.59. The van der Waals surface area contributed by atoms with E-state index in [2.05, 4.69) is 6.07 Å². The molecule has 2 nitrogen and oxygen atoms in total. The van der Waals surface area contributed by atoms with E-state index in [1.165, 1.54) is 24.3 Å². The van der Waals surface area contributed by atoms with Crippen LogP contribution in [0.25, 0.3) is 0 Å². The summed E-state index contributed by atoms with van der Waals surface area (Å²) in [6, 6.07) is 7.75. The number of benzene rings is 1. The Kier molecular flexibility index (Phi) is 4.03. The van der Waals surface area contributed by atoms with Crippen LogP contribution in [-0.2, 0) is 5.60 Å². The SMILES string of the molecule is CCCC(C#N)C(C)(O)c1ccc(F)cc1. The van der Waals surface area contributed by atoms with Crippen molar-refractivity contribution in [3.63, 3.8) is 0 Å². The summed E-state index contributed by atoms with van der Waals surface area (Å²) in [6.45, 7) is 3.56. The highest BCUT2D eigenvalue weighted by molar-refractivity contribution is 5.24. The van der Waals surface area contributed by atoms with E-state index in [4.69, 9.17) is 5.26 Å². The normalized spacial score (nSPS) is 16.2. The summed E-state index contributed by atoms with van der Waals surface area (Å²) >= 11 is 0. The lowest BCUT2D eigenvalue weighted by atomic mass is 9.81. The van der Waals surface area contributed by atoms with Crippen molar-refractivity contribution in [3.8, 4) is 6.07 Å². The molecule has 0 radical (unpaired) electrons. The molecule has 0 heterocycles. The maximum atomic E-state index is 12.8. The van der Waals surface area contributed by atoms with Crippen LogP contribution in [0.1, 0.15) is 32.3 Å². The van der Waals surface area contributed by atoms with Crippen LogP contribution in [0.2, 0.25) is 0 Å².